The molecule has 0 saturated carbocycles. The van der Waals surface area contributed by atoms with Crippen LogP contribution in [0.4, 0.5) is 0 Å². The van der Waals surface area contributed by atoms with Crippen LogP contribution in [-0.2, 0) is 18.4 Å². The van der Waals surface area contributed by atoms with Gasteiger partial charge in [0, 0.05) is 11.9 Å². The van der Waals surface area contributed by atoms with Gasteiger partial charge in [-0.3, -0.25) is 4.79 Å². The Balaban J connectivity index is 1.96. The number of amides is 1. The maximum atomic E-state index is 12.1. The molecule has 19 heavy (non-hydrogen) atoms. The Morgan fingerprint density at radius 1 is 1.53 bits per heavy atom. The van der Waals surface area contributed by atoms with Gasteiger partial charge in [-0.2, -0.15) is 0 Å². The molecule has 2 aromatic rings. The molecule has 2 aromatic heterocycles. The van der Waals surface area contributed by atoms with Gasteiger partial charge in [0.15, 0.2) is 5.82 Å². The standard InChI is InChI=1S/C12H15BrN4OS/c1-7(9-4-5-10(13)19-9)12(18)14-6-11-16-15-8(2)17(11)3/h4-5,7H,6H2,1-3H3,(H,14,18)/t7-/m1/s1. The Kier molecular flexibility index (Phi) is 4.36. The maximum Gasteiger partial charge on any atom is 0.228 e. The van der Waals surface area contributed by atoms with Gasteiger partial charge in [0.25, 0.3) is 0 Å². The minimum absolute atomic E-state index is 0.00463. The monoisotopic (exact) mass is 342 g/mol. The Morgan fingerprint density at radius 3 is 2.79 bits per heavy atom. The quantitative estimate of drug-likeness (QED) is 0.927. The van der Waals surface area contributed by atoms with Gasteiger partial charge in [0.2, 0.25) is 5.91 Å². The number of nitrogens with zero attached hydrogens (tertiary/aromatic N) is 3. The fourth-order valence-corrected chi connectivity index (χ4v) is 3.09. The van der Waals surface area contributed by atoms with E-state index in [9.17, 15) is 4.79 Å². The molecule has 5 nitrogen and oxygen atoms in total. The zero-order valence-corrected chi connectivity index (χ0v) is 13.4. The van der Waals surface area contributed by atoms with Gasteiger partial charge >= 0.3 is 0 Å². The first-order valence-electron chi connectivity index (χ1n) is 5.87. The fraction of sp³-hybridized carbons (Fsp3) is 0.417. The van der Waals surface area contributed by atoms with Crippen molar-refractivity contribution in [2.24, 2.45) is 7.05 Å². The van der Waals surface area contributed by atoms with Crippen LogP contribution >= 0.6 is 27.3 Å². The minimum Gasteiger partial charge on any atom is -0.348 e. The third kappa shape index (κ3) is 3.22. The number of aryl methyl sites for hydroxylation is 1. The number of halogens is 1. The summed E-state index contributed by atoms with van der Waals surface area (Å²) in [5.74, 6) is 1.42. The van der Waals surface area contributed by atoms with E-state index >= 15 is 0 Å². The van der Waals surface area contributed by atoms with Crippen molar-refractivity contribution < 1.29 is 4.79 Å². The number of rotatable bonds is 4. The molecule has 0 aliphatic heterocycles. The molecule has 0 spiro atoms. The van der Waals surface area contributed by atoms with E-state index in [4.69, 9.17) is 0 Å². The van der Waals surface area contributed by atoms with E-state index in [-0.39, 0.29) is 11.8 Å². The van der Waals surface area contributed by atoms with Crippen LogP contribution in [0.25, 0.3) is 0 Å². The molecule has 7 heteroatoms. The molecular weight excluding hydrogens is 328 g/mol. The normalized spacial score (nSPS) is 12.4. The van der Waals surface area contributed by atoms with Crippen LogP contribution in [0.5, 0.6) is 0 Å². The lowest BCUT2D eigenvalue weighted by Crippen LogP contribution is -2.28. The van der Waals surface area contributed by atoms with Crippen molar-refractivity contribution in [1.29, 1.82) is 0 Å². The Bertz CT molecular complexity index is 592. The van der Waals surface area contributed by atoms with E-state index in [1.54, 1.807) is 11.3 Å². The number of aromatic nitrogens is 3. The molecule has 0 aromatic carbocycles. The van der Waals surface area contributed by atoms with Crippen LogP contribution in [0, 0.1) is 6.92 Å². The molecule has 1 atom stereocenters. The number of carbonyl (C=O) groups is 1. The molecule has 0 unspecified atom stereocenters. The Hall–Kier alpha value is -1.21. The highest BCUT2D eigenvalue weighted by molar-refractivity contribution is 9.11. The number of carbonyl (C=O) groups excluding carboxylic acids is 1. The van der Waals surface area contributed by atoms with E-state index in [1.165, 1.54) is 0 Å². The lowest BCUT2D eigenvalue weighted by atomic mass is 10.1. The zero-order valence-electron chi connectivity index (χ0n) is 11.0. The van der Waals surface area contributed by atoms with Crippen molar-refractivity contribution in [3.63, 3.8) is 0 Å². The first-order chi connectivity index (χ1) is 8.99. The van der Waals surface area contributed by atoms with Crippen LogP contribution in [0.2, 0.25) is 0 Å². The zero-order chi connectivity index (χ0) is 14.0. The lowest BCUT2D eigenvalue weighted by molar-refractivity contribution is -0.122. The summed E-state index contributed by atoms with van der Waals surface area (Å²) in [5.41, 5.74) is 0. The minimum atomic E-state index is -0.161. The predicted octanol–water partition coefficient (Wildman–Crippen LogP) is 2.37. The molecule has 2 rings (SSSR count). The van der Waals surface area contributed by atoms with Gasteiger partial charge in [-0.25, -0.2) is 0 Å². The summed E-state index contributed by atoms with van der Waals surface area (Å²) in [5, 5.41) is 10.9. The number of thiophene rings is 1. The van der Waals surface area contributed by atoms with E-state index in [2.05, 4.69) is 31.4 Å². The smallest absolute Gasteiger partial charge is 0.228 e. The van der Waals surface area contributed by atoms with E-state index in [0.29, 0.717) is 6.54 Å². The molecule has 0 aliphatic rings. The summed E-state index contributed by atoms with van der Waals surface area (Å²) < 4.78 is 2.90. The lowest BCUT2D eigenvalue weighted by Gasteiger charge is -2.10. The van der Waals surface area contributed by atoms with Crippen molar-refractivity contribution in [1.82, 2.24) is 20.1 Å². The second-order valence-corrected chi connectivity index (χ2v) is 6.80. The third-order valence-electron chi connectivity index (χ3n) is 3.02. The topological polar surface area (TPSA) is 59.8 Å². The van der Waals surface area contributed by atoms with Crippen LogP contribution in [0.15, 0.2) is 15.9 Å². The van der Waals surface area contributed by atoms with Crippen molar-refractivity contribution in [3.8, 4) is 0 Å². The van der Waals surface area contributed by atoms with Crippen LogP contribution < -0.4 is 5.32 Å². The van der Waals surface area contributed by atoms with Crippen molar-refractivity contribution in [3.05, 3.63) is 32.4 Å². The second kappa shape index (κ2) is 5.83. The van der Waals surface area contributed by atoms with E-state index in [0.717, 1.165) is 20.3 Å². The number of hydrogen-bond acceptors (Lipinski definition) is 4. The predicted molar refractivity (Wildman–Crippen MR) is 78.0 cm³/mol. The largest absolute Gasteiger partial charge is 0.348 e. The molecule has 2 heterocycles. The Labute approximate surface area is 124 Å². The summed E-state index contributed by atoms with van der Waals surface area (Å²) in [6.45, 7) is 4.17. The SMILES string of the molecule is Cc1nnc(CNC(=O)[C@H](C)c2ccc(Br)s2)n1C. The summed E-state index contributed by atoms with van der Waals surface area (Å²) in [6.07, 6.45) is 0. The van der Waals surface area contributed by atoms with Gasteiger partial charge in [0.05, 0.1) is 16.2 Å². The van der Waals surface area contributed by atoms with Gasteiger partial charge in [-0.05, 0) is 41.9 Å². The van der Waals surface area contributed by atoms with Gasteiger partial charge in [-0.15, -0.1) is 21.5 Å². The first kappa shape index (κ1) is 14.2. The Morgan fingerprint density at radius 2 is 2.26 bits per heavy atom. The highest BCUT2D eigenvalue weighted by Crippen LogP contribution is 2.28. The summed E-state index contributed by atoms with van der Waals surface area (Å²) in [4.78, 5) is 13.1. The molecular formula is C12H15BrN4OS. The molecule has 1 amide bonds. The third-order valence-corrected chi connectivity index (χ3v) is 4.82. The highest BCUT2D eigenvalue weighted by Gasteiger charge is 2.17. The molecule has 0 saturated heterocycles. The average Bonchev–Trinajstić information content (AvgIpc) is 2.95. The summed E-state index contributed by atoms with van der Waals surface area (Å²) in [7, 11) is 1.89. The molecule has 0 radical (unpaired) electrons. The molecule has 0 bridgehead atoms. The number of nitrogens with one attached hydrogen (secondary N) is 1. The fourth-order valence-electron chi connectivity index (χ4n) is 1.61. The maximum absolute atomic E-state index is 12.1. The number of hydrogen-bond donors (Lipinski definition) is 1. The van der Waals surface area contributed by atoms with Gasteiger partial charge in [-0.1, -0.05) is 0 Å². The highest BCUT2D eigenvalue weighted by atomic mass is 79.9. The molecule has 1 N–H and O–H groups in total. The molecule has 0 aliphatic carbocycles. The second-order valence-electron chi connectivity index (χ2n) is 4.30. The van der Waals surface area contributed by atoms with Crippen molar-refractivity contribution in [2.75, 3.05) is 0 Å². The van der Waals surface area contributed by atoms with E-state index < -0.39 is 0 Å². The van der Waals surface area contributed by atoms with Crippen molar-refractivity contribution in [2.45, 2.75) is 26.3 Å². The summed E-state index contributed by atoms with van der Waals surface area (Å²) in [6, 6.07) is 3.92. The van der Waals surface area contributed by atoms with Crippen molar-refractivity contribution >= 4 is 33.2 Å². The van der Waals surface area contributed by atoms with Gasteiger partial charge in [0.1, 0.15) is 5.82 Å². The van der Waals surface area contributed by atoms with Crippen LogP contribution in [0.1, 0.15) is 29.4 Å². The van der Waals surface area contributed by atoms with Gasteiger partial charge < -0.3 is 9.88 Å². The van der Waals surface area contributed by atoms with Crippen LogP contribution in [-0.4, -0.2) is 20.7 Å². The van der Waals surface area contributed by atoms with Crippen LogP contribution in [0.3, 0.4) is 0 Å². The summed E-state index contributed by atoms with van der Waals surface area (Å²) >= 11 is 4.98. The van der Waals surface area contributed by atoms with E-state index in [1.807, 2.05) is 37.6 Å². The first-order valence-corrected chi connectivity index (χ1v) is 7.47. The molecule has 102 valence electrons. The molecule has 0 fully saturated rings. The average molecular weight is 343 g/mol.